The number of carbonyl (C=O) groups is 1. The predicted molar refractivity (Wildman–Crippen MR) is 273 cm³/mol. The molecule has 0 bridgehead atoms. The molecule has 0 saturated carbocycles. The van der Waals surface area contributed by atoms with Gasteiger partial charge in [-0.25, -0.2) is 0 Å². The van der Waals surface area contributed by atoms with Crippen LogP contribution in [-0.4, -0.2) is 19.4 Å². The zero-order chi connectivity index (χ0) is 43.7. The second kappa shape index (κ2) is 28.0. The molecule has 0 saturated heterocycles. The van der Waals surface area contributed by atoms with Crippen molar-refractivity contribution in [2.24, 2.45) is 0 Å². The summed E-state index contributed by atoms with van der Waals surface area (Å²) in [5.74, 6) is -0.963. The molecule has 3 nitrogen and oxygen atoms in total. The second-order valence-corrected chi connectivity index (χ2v) is 20.3. The minimum atomic E-state index is -0.963. The van der Waals surface area contributed by atoms with Gasteiger partial charge in [0.2, 0.25) is 0 Å². The van der Waals surface area contributed by atoms with Gasteiger partial charge in [-0.2, -0.15) is 6.29 Å². The molecule has 0 heterocycles. The number of ether oxygens (including phenoxy) is 1. The van der Waals surface area contributed by atoms with Crippen LogP contribution in [0.4, 0.5) is 0 Å². The molecule has 0 spiro atoms. The zero-order valence-corrected chi connectivity index (χ0v) is 39.8. The van der Waals surface area contributed by atoms with E-state index in [9.17, 15) is 4.79 Å². The molecule has 0 unspecified atom stereocenters. The molecular formula is C57H48O3P3Ru. The normalized spacial score (nSPS) is 10.1. The van der Waals surface area contributed by atoms with Gasteiger partial charge >= 0.3 is 19.5 Å². The molecule has 0 aromatic heterocycles. The van der Waals surface area contributed by atoms with E-state index in [1.54, 1.807) is 0 Å². The molecule has 0 fully saturated rings. The Kier molecular flexibility index (Phi) is 21.4. The summed E-state index contributed by atoms with van der Waals surface area (Å²) >= 11 is 0. The number of benzene rings is 9. The van der Waals surface area contributed by atoms with Crippen molar-refractivity contribution in [3.63, 3.8) is 0 Å². The van der Waals surface area contributed by atoms with E-state index in [0.717, 1.165) is 13.4 Å². The minimum Gasteiger partial charge on any atom is -0.531 e. The summed E-state index contributed by atoms with van der Waals surface area (Å²) in [6, 6.07) is 97.0. The van der Waals surface area contributed by atoms with Crippen LogP contribution in [0, 0.1) is 0 Å². The molecule has 0 N–H and O–H groups in total. The van der Waals surface area contributed by atoms with Crippen molar-refractivity contribution in [2.45, 2.75) is 0 Å². The molecule has 0 amide bonds. The Labute approximate surface area is 395 Å². The SMILES string of the molecule is COC(=O)[C-]=O.[Ru+].c1ccc(P(c2ccccc2)c2ccccc2)cc1.c1ccc(P(c2ccccc2)c2ccccc2)cc1.c1ccc(P(c2ccccc2)c2ccccc2)cc1. The number of carbonyl (C=O) groups excluding carboxylic acids is 2. The van der Waals surface area contributed by atoms with Crippen LogP contribution in [-0.2, 0) is 33.8 Å². The molecular weight excluding hydrogens is 927 g/mol. The van der Waals surface area contributed by atoms with Gasteiger partial charge in [-0.3, -0.25) is 4.79 Å². The summed E-state index contributed by atoms with van der Waals surface area (Å²) in [5, 5.41) is 12.6. The summed E-state index contributed by atoms with van der Waals surface area (Å²) in [6.07, 6.45) is 1.00. The molecule has 0 atom stereocenters. The van der Waals surface area contributed by atoms with Crippen molar-refractivity contribution in [1.82, 2.24) is 0 Å². The summed E-state index contributed by atoms with van der Waals surface area (Å²) in [7, 11) is -0.220. The fourth-order valence-electron chi connectivity index (χ4n) is 6.58. The Balaban J connectivity index is 0.000000168. The van der Waals surface area contributed by atoms with Crippen molar-refractivity contribution in [3.05, 3.63) is 273 Å². The molecule has 9 rings (SSSR count). The first-order valence-corrected chi connectivity index (χ1v) is 24.5. The van der Waals surface area contributed by atoms with Crippen LogP contribution in [0.2, 0.25) is 0 Å². The Hall–Kier alpha value is -5.97. The van der Waals surface area contributed by atoms with Crippen molar-refractivity contribution in [2.75, 3.05) is 7.11 Å². The minimum absolute atomic E-state index is 0. The maximum atomic E-state index is 9.53. The third-order valence-electron chi connectivity index (χ3n) is 9.40. The first-order valence-electron chi connectivity index (χ1n) is 20.5. The van der Waals surface area contributed by atoms with E-state index in [0.29, 0.717) is 0 Å². The fourth-order valence-corrected chi connectivity index (χ4v) is 13.5. The Morgan fingerprint density at radius 2 is 0.422 bits per heavy atom. The fraction of sp³-hybridized carbons (Fsp3) is 0.0175. The molecule has 0 aliphatic heterocycles. The van der Waals surface area contributed by atoms with Gasteiger partial charge in [0, 0.05) is 0 Å². The second-order valence-electron chi connectivity index (χ2n) is 13.6. The molecule has 9 aromatic carbocycles. The van der Waals surface area contributed by atoms with Crippen LogP contribution in [0.15, 0.2) is 273 Å². The van der Waals surface area contributed by atoms with Crippen LogP contribution in [0.3, 0.4) is 0 Å². The summed E-state index contributed by atoms with van der Waals surface area (Å²) in [4.78, 5) is 18.7. The smallest absolute Gasteiger partial charge is 0.531 e. The molecule has 317 valence electrons. The standard InChI is InChI=1S/3C18H15P.C3H3O3.Ru/c3*1-4-10-16(11-5-1)19(17-12-6-2-7-13-17)18-14-8-3-9-15-18;1-6-3(5)2-4;/h3*1-15H;1H3;/q;;;-1;+1. The average Bonchev–Trinajstić information content (AvgIpc) is 3.38. The number of hydrogen-bond acceptors (Lipinski definition) is 3. The summed E-state index contributed by atoms with van der Waals surface area (Å²) in [6.45, 7) is 0. The van der Waals surface area contributed by atoms with Crippen molar-refractivity contribution in [1.29, 1.82) is 0 Å². The molecule has 7 heteroatoms. The van der Waals surface area contributed by atoms with Crippen molar-refractivity contribution in [3.8, 4) is 0 Å². The third kappa shape index (κ3) is 15.1. The maximum Gasteiger partial charge on any atom is 1.00 e. The van der Waals surface area contributed by atoms with Crippen LogP contribution in [0.25, 0.3) is 0 Å². The molecule has 0 aliphatic carbocycles. The van der Waals surface area contributed by atoms with E-state index in [2.05, 4.69) is 278 Å². The first-order chi connectivity index (χ1) is 31.2. The average molecular weight is 975 g/mol. The Morgan fingerprint density at radius 3 is 0.500 bits per heavy atom. The van der Waals surface area contributed by atoms with Crippen molar-refractivity contribution < 1.29 is 33.8 Å². The van der Waals surface area contributed by atoms with Gasteiger partial charge in [0.25, 0.3) is 0 Å². The molecule has 9 aromatic rings. The van der Waals surface area contributed by atoms with E-state index in [4.69, 9.17) is 4.79 Å². The van der Waals surface area contributed by atoms with Gasteiger partial charge in [0.05, 0.1) is 7.11 Å². The Bertz CT molecular complexity index is 2050. The van der Waals surface area contributed by atoms with Gasteiger partial charge in [0.1, 0.15) is 0 Å². The van der Waals surface area contributed by atoms with Gasteiger partial charge < -0.3 is 9.53 Å². The zero-order valence-electron chi connectivity index (χ0n) is 35.4. The Morgan fingerprint density at radius 1 is 0.297 bits per heavy atom. The predicted octanol–water partition coefficient (Wildman–Crippen LogP) is 9.60. The summed E-state index contributed by atoms with van der Waals surface area (Å²) in [5.41, 5.74) is 0. The number of esters is 1. The topological polar surface area (TPSA) is 43.4 Å². The van der Waals surface area contributed by atoms with E-state index in [-0.39, 0.29) is 19.5 Å². The van der Waals surface area contributed by atoms with E-state index >= 15 is 0 Å². The van der Waals surface area contributed by atoms with Gasteiger partial charge in [-0.05, 0) is 71.5 Å². The van der Waals surface area contributed by atoms with Gasteiger partial charge in [-0.15, -0.1) is 0 Å². The summed E-state index contributed by atoms with van der Waals surface area (Å²) < 4.78 is 3.84. The number of rotatable bonds is 10. The van der Waals surface area contributed by atoms with Gasteiger partial charge in [-0.1, -0.05) is 273 Å². The van der Waals surface area contributed by atoms with Crippen LogP contribution in [0.5, 0.6) is 0 Å². The van der Waals surface area contributed by atoms with E-state index in [1.807, 2.05) is 0 Å². The van der Waals surface area contributed by atoms with E-state index in [1.165, 1.54) is 47.7 Å². The first kappa shape index (κ1) is 49.1. The van der Waals surface area contributed by atoms with Crippen LogP contribution in [0.1, 0.15) is 0 Å². The van der Waals surface area contributed by atoms with E-state index < -0.39 is 29.7 Å². The van der Waals surface area contributed by atoms with Crippen molar-refractivity contribution >= 4 is 83.8 Å². The molecule has 1 radical (unpaired) electrons. The number of methoxy groups -OCH3 is 1. The number of hydrogen-bond donors (Lipinski definition) is 0. The monoisotopic (exact) mass is 975 g/mol. The quantitative estimate of drug-likeness (QED) is 0.0451. The van der Waals surface area contributed by atoms with Crippen LogP contribution >= 0.6 is 23.8 Å². The van der Waals surface area contributed by atoms with Gasteiger partial charge in [0.15, 0.2) is 5.97 Å². The van der Waals surface area contributed by atoms with Crippen LogP contribution < -0.4 is 47.7 Å². The maximum absolute atomic E-state index is 9.53. The molecule has 0 aliphatic rings. The molecule has 64 heavy (non-hydrogen) atoms. The third-order valence-corrected chi connectivity index (χ3v) is 16.7. The largest absolute Gasteiger partial charge is 1.00 e.